The molecule has 2 aromatic rings. The molecule has 0 amide bonds. The number of para-hydroxylation sites is 1. The number of carbonyl (C=O) groups is 1. The lowest BCUT2D eigenvalue weighted by Gasteiger charge is -2.10. The van der Waals surface area contributed by atoms with Crippen molar-refractivity contribution in [1.29, 1.82) is 0 Å². The summed E-state index contributed by atoms with van der Waals surface area (Å²) >= 11 is 0. The van der Waals surface area contributed by atoms with E-state index in [9.17, 15) is 4.79 Å². The van der Waals surface area contributed by atoms with Gasteiger partial charge in [0.2, 0.25) is 0 Å². The van der Waals surface area contributed by atoms with Crippen LogP contribution in [0.4, 0.5) is 0 Å². The van der Waals surface area contributed by atoms with E-state index in [1.807, 2.05) is 24.3 Å². The number of ether oxygens (including phenoxy) is 3. The average Bonchev–Trinajstić information content (AvgIpc) is 3.09. The SMILES string of the molecule is COc1ccccc1C(=O)c1ccc(C2OCCO2)cc1. The molecular formula is C17H16O4. The molecule has 1 aliphatic rings. The molecule has 2 aromatic carbocycles. The van der Waals surface area contributed by atoms with Gasteiger partial charge < -0.3 is 14.2 Å². The van der Waals surface area contributed by atoms with E-state index in [1.54, 1.807) is 31.4 Å². The summed E-state index contributed by atoms with van der Waals surface area (Å²) in [4.78, 5) is 12.5. The first-order valence-corrected chi connectivity index (χ1v) is 6.80. The third-order valence-electron chi connectivity index (χ3n) is 3.42. The van der Waals surface area contributed by atoms with Gasteiger partial charge in [-0.25, -0.2) is 0 Å². The van der Waals surface area contributed by atoms with Crippen molar-refractivity contribution in [3.05, 3.63) is 65.2 Å². The Balaban J connectivity index is 1.84. The molecule has 1 heterocycles. The van der Waals surface area contributed by atoms with Gasteiger partial charge in [0.25, 0.3) is 0 Å². The van der Waals surface area contributed by atoms with Gasteiger partial charge in [-0.2, -0.15) is 0 Å². The zero-order valence-corrected chi connectivity index (χ0v) is 11.7. The maximum atomic E-state index is 12.5. The molecule has 0 aromatic heterocycles. The van der Waals surface area contributed by atoms with Gasteiger partial charge >= 0.3 is 0 Å². The highest BCUT2D eigenvalue weighted by Crippen LogP contribution is 2.25. The fraction of sp³-hybridized carbons (Fsp3) is 0.235. The molecule has 0 saturated carbocycles. The monoisotopic (exact) mass is 284 g/mol. The van der Waals surface area contributed by atoms with Crippen LogP contribution in [0.1, 0.15) is 27.8 Å². The molecule has 0 bridgehead atoms. The first kappa shape index (κ1) is 13.8. The molecule has 21 heavy (non-hydrogen) atoms. The quantitative estimate of drug-likeness (QED) is 0.810. The molecule has 4 nitrogen and oxygen atoms in total. The van der Waals surface area contributed by atoms with E-state index in [1.165, 1.54) is 0 Å². The van der Waals surface area contributed by atoms with Crippen LogP contribution in [-0.4, -0.2) is 26.1 Å². The Hall–Kier alpha value is -2.17. The van der Waals surface area contributed by atoms with Crippen molar-refractivity contribution in [1.82, 2.24) is 0 Å². The molecule has 0 radical (unpaired) electrons. The van der Waals surface area contributed by atoms with Crippen LogP contribution in [0, 0.1) is 0 Å². The number of hydrogen-bond donors (Lipinski definition) is 0. The number of carbonyl (C=O) groups excluding carboxylic acids is 1. The first-order valence-electron chi connectivity index (χ1n) is 6.80. The van der Waals surface area contributed by atoms with Crippen molar-refractivity contribution in [3.8, 4) is 5.75 Å². The van der Waals surface area contributed by atoms with E-state index in [0.29, 0.717) is 30.1 Å². The van der Waals surface area contributed by atoms with Gasteiger partial charge in [-0.1, -0.05) is 36.4 Å². The van der Waals surface area contributed by atoms with Gasteiger partial charge in [0.05, 0.1) is 25.9 Å². The van der Waals surface area contributed by atoms with Crippen LogP contribution >= 0.6 is 0 Å². The van der Waals surface area contributed by atoms with E-state index in [0.717, 1.165) is 5.56 Å². The van der Waals surface area contributed by atoms with Crippen LogP contribution in [0.5, 0.6) is 5.75 Å². The minimum absolute atomic E-state index is 0.0627. The molecule has 1 saturated heterocycles. The number of hydrogen-bond acceptors (Lipinski definition) is 4. The van der Waals surface area contributed by atoms with Crippen LogP contribution in [0.3, 0.4) is 0 Å². The maximum absolute atomic E-state index is 12.5. The summed E-state index contributed by atoms with van der Waals surface area (Å²) in [7, 11) is 1.56. The van der Waals surface area contributed by atoms with E-state index >= 15 is 0 Å². The molecule has 3 rings (SSSR count). The van der Waals surface area contributed by atoms with E-state index in [-0.39, 0.29) is 12.1 Å². The third kappa shape index (κ3) is 2.82. The number of ketones is 1. The lowest BCUT2D eigenvalue weighted by atomic mass is 10.0. The smallest absolute Gasteiger partial charge is 0.196 e. The molecular weight excluding hydrogens is 268 g/mol. The second kappa shape index (κ2) is 6.08. The second-order valence-corrected chi connectivity index (χ2v) is 4.72. The average molecular weight is 284 g/mol. The highest BCUT2D eigenvalue weighted by Gasteiger charge is 2.19. The molecule has 0 spiro atoms. The summed E-state index contributed by atoms with van der Waals surface area (Å²) in [6, 6.07) is 14.5. The largest absolute Gasteiger partial charge is 0.496 e. The standard InChI is InChI=1S/C17H16O4/c1-19-15-5-3-2-4-14(15)16(18)12-6-8-13(9-7-12)17-20-10-11-21-17/h2-9,17H,10-11H2,1H3. The topological polar surface area (TPSA) is 44.8 Å². The zero-order valence-electron chi connectivity index (χ0n) is 11.7. The van der Waals surface area contributed by atoms with Crippen LogP contribution in [0.25, 0.3) is 0 Å². The summed E-state index contributed by atoms with van der Waals surface area (Å²) < 4.78 is 16.1. The van der Waals surface area contributed by atoms with Crippen molar-refractivity contribution in [2.24, 2.45) is 0 Å². The molecule has 0 unspecified atom stereocenters. The molecule has 1 aliphatic heterocycles. The highest BCUT2D eigenvalue weighted by molar-refractivity contribution is 6.10. The summed E-state index contributed by atoms with van der Waals surface area (Å²) in [5.41, 5.74) is 2.09. The number of rotatable bonds is 4. The predicted molar refractivity (Wildman–Crippen MR) is 77.5 cm³/mol. The minimum atomic E-state index is -0.319. The van der Waals surface area contributed by atoms with Crippen LogP contribution in [0.2, 0.25) is 0 Å². The highest BCUT2D eigenvalue weighted by atomic mass is 16.7. The van der Waals surface area contributed by atoms with Gasteiger partial charge in [0.1, 0.15) is 5.75 Å². The van der Waals surface area contributed by atoms with Crippen molar-refractivity contribution in [2.45, 2.75) is 6.29 Å². The van der Waals surface area contributed by atoms with Gasteiger partial charge in [-0.3, -0.25) is 4.79 Å². The summed E-state index contributed by atoms with van der Waals surface area (Å²) in [5.74, 6) is 0.515. The number of benzene rings is 2. The Morgan fingerprint density at radius 1 is 1.05 bits per heavy atom. The van der Waals surface area contributed by atoms with Gasteiger partial charge in [-0.05, 0) is 12.1 Å². The summed E-state index contributed by atoms with van der Waals surface area (Å²) in [6.45, 7) is 1.21. The summed E-state index contributed by atoms with van der Waals surface area (Å²) in [5, 5.41) is 0. The predicted octanol–water partition coefficient (Wildman–Crippen LogP) is 2.97. The molecule has 1 fully saturated rings. The molecule has 4 heteroatoms. The molecule has 108 valence electrons. The Bertz CT molecular complexity index is 627. The fourth-order valence-electron chi connectivity index (χ4n) is 2.33. The number of methoxy groups -OCH3 is 1. The molecule has 0 atom stereocenters. The van der Waals surface area contributed by atoms with Gasteiger partial charge in [0, 0.05) is 11.1 Å². The van der Waals surface area contributed by atoms with Crippen molar-refractivity contribution in [2.75, 3.05) is 20.3 Å². The van der Waals surface area contributed by atoms with E-state index in [2.05, 4.69) is 0 Å². The van der Waals surface area contributed by atoms with Crippen molar-refractivity contribution >= 4 is 5.78 Å². The minimum Gasteiger partial charge on any atom is -0.496 e. The normalized spacial score (nSPS) is 15.1. The lowest BCUT2D eigenvalue weighted by Crippen LogP contribution is -2.05. The van der Waals surface area contributed by atoms with Crippen LogP contribution in [-0.2, 0) is 9.47 Å². The van der Waals surface area contributed by atoms with Gasteiger partial charge in [0.15, 0.2) is 12.1 Å². The molecule has 0 N–H and O–H groups in total. The fourth-order valence-corrected chi connectivity index (χ4v) is 2.33. The zero-order chi connectivity index (χ0) is 14.7. The van der Waals surface area contributed by atoms with Crippen molar-refractivity contribution in [3.63, 3.8) is 0 Å². The first-order chi connectivity index (χ1) is 10.3. The Labute approximate surface area is 123 Å². The van der Waals surface area contributed by atoms with Gasteiger partial charge in [-0.15, -0.1) is 0 Å². The third-order valence-corrected chi connectivity index (χ3v) is 3.42. The molecule has 0 aliphatic carbocycles. The second-order valence-electron chi connectivity index (χ2n) is 4.72. The Kier molecular flexibility index (Phi) is 3.99. The van der Waals surface area contributed by atoms with Crippen molar-refractivity contribution < 1.29 is 19.0 Å². The van der Waals surface area contributed by atoms with Crippen LogP contribution < -0.4 is 4.74 Å². The maximum Gasteiger partial charge on any atom is 0.196 e. The van der Waals surface area contributed by atoms with Crippen LogP contribution in [0.15, 0.2) is 48.5 Å². The lowest BCUT2D eigenvalue weighted by molar-refractivity contribution is -0.0441. The van der Waals surface area contributed by atoms with E-state index < -0.39 is 0 Å². The summed E-state index contributed by atoms with van der Waals surface area (Å²) in [6.07, 6.45) is -0.319. The van der Waals surface area contributed by atoms with E-state index in [4.69, 9.17) is 14.2 Å². The Morgan fingerprint density at radius 3 is 2.38 bits per heavy atom. The Morgan fingerprint density at radius 2 is 1.71 bits per heavy atom.